The highest BCUT2D eigenvalue weighted by atomic mass is 79.9. The number of aliphatic carboxylic acids is 1. The van der Waals surface area contributed by atoms with Crippen molar-refractivity contribution in [3.63, 3.8) is 0 Å². The third-order valence-electron chi connectivity index (χ3n) is 3.51. The third-order valence-corrected chi connectivity index (χ3v) is 4.04. The molecule has 3 nitrogen and oxygen atoms in total. The van der Waals surface area contributed by atoms with Crippen molar-refractivity contribution in [3.8, 4) is 0 Å². The fourth-order valence-electron chi connectivity index (χ4n) is 2.53. The van der Waals surface area contributed by atoms with Gasteiger partial charge >= 0.3 is 5.97 Å². The average Bonchev–Trinajstić information content (AvgIpc) is 2.39. The second kappa shape index (κ2) is 8.42. The number of halogens is 1. The van der Waals surface area contributed by atoms with Crippen molar-refractivity contribution in [1.82, 2.24) is 4.90 Å². The summed E-state index contributed by atoms with van der Waals surface area (Å²) in [5.41, 5.74) is 1.29. The zero-order valence-corrected chi connectivity index (χ0v) is 14.1. The lowest BCUT2D eigenvalue weighted by molar-refractivity contribution is -0.137. The van der Waals surface area contributed by atoms with Crippen LogP contribution >= 0.6 is 15.9 Å². The number of hydrogen-bond acceptors (Lipinski definition) is 2. The minimum atomic E-state index is -0.717. The predicted molar refractivity (Wildman–Crippen MR) is 85.9 cm³/mol. The van der Waals surface area contributed by atoms with Crippen molar-refractivity contribution in [2.24, 2.45) is 0 Å². The second-order valence-electron chi connectivity index (χ2n) is 5.30. The summed E-state index contributed by atoms with van der Waals surface area (Å²) in [6.07, 6.45) is 1.95. The average molecular weight is 342 g/mol. The number of carboxylic acids is 1. The van der Waals surface area contributed by atoms with Gasteiger partial charge in [0.1, 0.15) is 0 Å². The Balaban J connectivity index is 2.80. The maximum atomic E-state index is 10.7. The molecule has 0 fully saturated rings. The highest BCUT2D eigenvalue weighted by Gasteiger charge is 2.21. The Morgan fingerprint density at radius 2 is 1.90 bits per heavy atom. The zero-order valence-electron chi connectivity index (χ0n) is 12.5. The highest BCUT2D eigenvalue weighted by Crippen LogP contribution is 2.27. The van der Waals surface area contributed by atoms with E-state index in [1.165, 1.54) is 5.56 Å². The van der Waals surface area contributed by atoms with Gasteiger partial charge in [0, 0.05) is 23.0 Å². The first kappa shape index (κ1) is 17.2. The van der Waals surface area contributed by atoms with Gasteiger partial charge in [0.25, 0.3) is 0 Å². The molecule has 1 unspecified atom stereocenters. The lowest BCUT2D eigenvalue weighted by Gasteiger charge is -2.35. The molecule has 0 radical (unpaired) electrons. The molecule has 1 aromatic carbocycles. The lowest BCUT2D eigenvalue weighted by atomic mass is 10.0. The topological polar surface area (TPSA) is 40.5 Å². The Hall–Kier alpha value is -0.870. The minimum absolute atomic E-state index is 0.236. The van der Waals surface area contributed by atoms with E-state index in [9.17, 15) is 4.79 Å². The van der Waals surface area contributed by atoms with Crippen molar-refractivity contribution < 1.29 is 9.90 Å². The molecule has 0 amide bonds. The standard InChI is InChI=1S/C16H24BrNO2/c1-4-15(13-7-9-14(17)10-8-13)18(12(2)3)11-5-6-16(19)20/h7-10,12,15H,4-6,11H2,1-3H3,(H,19,20). The van der Waals surface area contributed by atoms with E-state index in [0.717, 1.165) is 17.4 Å². The molecule has 1 aromatic rings. The molecule has 0 aliphatic rings. The SMILES string of the molecule is CCC(c1ccc(Br)cc1)N(CCCC(=O)O)C(C)C. The zero-order chi connectivity index (χ0) is 15.1. The molecular weight excluding hydrogens is 318 g/mol. The summed E-state index contributed by atoms with van der Waals surface area (Å²) in [6.45, 7) is 7.34. The first-order valence-electron chi connectivity index (χ1n) is 7.18. The molecule has 0 aliphatic carbocycles. The summed E-state index contributed by atoms with van der Waals surface area (Å²) in [4.78, 5) is 13.1. The molecule has 1 rings (SSSR count). The molecule has 20 heavy (non-hydrogen) atoms. The quantitative estimate of drug-likeness (QED) is 0.757. The Morgan fingerprint density at radius 1 is 1.30 bits per heavy atom. The van der Waals surface area contributed by atoms with E-state index in [0.29, 0.717) is 18.5 Å². The normalized spacial score (nSPS) is 12.9. The number of hydrogen-bond donors (Lipinski definition) is 1. The summed E-state index contributed by atoms with van der Waals surface area (Å²) in [7, 11) is 0. The molecule has 0 aromatic heterocycles. The minimum Gasteiger partial charge on any atom is -0.481 e. The van der Waals surface area contributed by atoms with Crippen molar-refractivity contribution in [2.45, 2.75) is 52.1 Å². The maximum Gasteiger partial charge on any atom is 0.303 e. The van der Waals surface area contributed by atoms with Crippen LogP contribution in [0.1, 0.15) is 51.6 Å². The Kier molecular flexibility index (Phi) is 7.24. The van der Waals surface area contributed by atoms with Gasteiger partial charge in [0.05, 0.1) is 0 Å². The molecule has 0 saturated carbocycles. The van der Waals surface area contributed by atoms with Crippen LogP contribution in [0.5, 0.6) is 0 Å². The Morgan fingerprint density at radius 3 is 2.35 bits per heavy atom. The van der Waals surface area contributed by atoms with Crippen LogP contribution in [0.25, 0.3) is 0 Å². The van der Waals surface area contributed by atoms with E-state index >= 15 is 0 Å². The number of carboxylic acid groups (broad SMARTS) is 1. The van der Waals surface area contributed by atoms with Gasteiger partial charge in [0.2, 0.25) is 0 Å². The van der Waals surface area contributed by atoms with Gasteiger partial charge in [-0.25, -0.2) is 0 Å². The fraction of sp³-hybridized carbons (Fsp3) is 0.562. The van der Waals surface area contributed by atoms with Gasteiger partial charge < -0.3 is 5.11 Å². The third kappa shape index (κ3) is 5.25. The van der Waals surface area contributed by atoms with Crippen LogP contribution in [-0.4, -0.2) is 28.6 Å². The van der Waals surface area contributed by atoms with Gasteiger partial charge in [-0.05, 0) is 50.9 Å². The molecule has 0 heterocycles. The van der Waals surface area contributed by atoms with Gasteiger partial charge in [-0.15, -0.1) is 0 Å². The van der Waals surface area contributed by atoms with Gasteiger partial charge in [0.15, 0.2) is 0 Å². The first-order valence-corrected chi connectivity index (χ1v) is 7.98. The predicted octanol–water partition coefficient (Wildman–Crippen LogP) is 4.48. The van der Waals surface area contributed by atoms with E-state index in [4.69, 9.17) is 5.11 Å². The number of nitrogens with zero attached hydrogens (tertiary/aromatic N) is 1. The van der Waals surface area contributed by atoms with E-state index < -0.39 is 5.97 Å². The van der Waals surface area contributed by atoms with Crippen LogP contribution in [-0.2, 0) is 4.79 Å². The summed E-state index contributed by atoms with van der Waals surface area (Å²) < 4.78 is 1.08. The van der Waals surface area contributed by atoms with Gasteiger partial charge in [-0.2, -0.15) is 0 Å². The monoisotopic (exact) mass is 341 g/mol. The molecule has 0 aliphatic heterocycles. The first-order chi connectivity index (χ1) is 9.45. The molecule has 112 valence electrons. The van der Waals surface area contributed by atoms with Crippen LogP contribution in [0.4, 0.5) is 0 Å². The fourth-order valence-corrected chi connectivity index (χ4v) is 2.80. The van der Waals surface area contributed by atoms with Gasteiger partial charge in [-0.1, -0.05) is 35.0 Å². The van der Waals surface area contributed by atoms with E-state index in [1.807, 2.05) is 0 Å². The summed E-state index contributed by atoms with van der Waals surface area (Å²) in [5.74, 6) is -0.717. The van der Waals surface area contributed by atoms with Crippen molar-refractivity contribution in [3.05, 3.63) is 34.3 Å². The van der Waals surface area contributed by atoms with Crippen LogP contribution in [0.3, 0.4) is 0 Å². The van der Waals surface area contributed by atoms with Gasteiger partial charge in [-0.3, -0.25) is 9.69 Å². The number of carbonyl (C=O) groups is 1. The van der Waals surface area contributed by atoms with Crippen LogP contribution < -0.4 is 0 Å². The molecule has 0 bridgehead atoms. The smallest absolute Gasteiger partial charge is 0.303 e. The molecule has 1 N–H and O–H groups in total. The van der Waals surface area contributed by atoms with Crippen LogP contribution in [0.2, 0.25) is 0 Å². The molecule has 0 saturated heterocycles. The lowest BCUT2D eigenvalue weighted by Crippen LogP contribution is -2.35. The molecule has 4 heteroatoms. The van der Waals surface area contributed by atoms with Crippen LogP contribution in [0, 0.1) is 0 Å². The number of benzene rings is 1. The van der Waals surface area contributed by atoms with Crippen molar-refractivity contribution >= 4 is 21.9 Å². The number of rotatable bonds is 8. The molecule has 0 spiro atoms. The highest BCUT2D eigenvalue weighted by molar-refractivity contribution is 9.10. The van der Waals surface area contributed by atoms with Crippen molar-refractivity contribution in [2.75, 3.05) is 6.54 Å². The van der Waals surface area contributed by atoms with E-state index in [-0.39, 0.29) is 6.42 Å². The van der Waals surface area contributed by atoms with Crippen molar-refractivity contribution in [1.29, 1.82) is 0 Å². The summed E-state index contributed by atoms with van der Waals surface area (Å²) in [6, 6.07) is 9.16. The van der Waals surface area contributed by atoms with E-state index in [1.54, 1.807) is 0 Å². The molecular formula is C16H24BrNO2. The summed E-state index contributed by atoms with van der Waals surface area (Å²) >= 11 is 3.46. The van der Waals surface area contributed by atoms with E-state index in [2.05, 4.69) is 65.9 Å². The molecule has 1 atom stereocenters. The Labute approximate surface area is 130 Å². The van der Waals surface area contributed by atoms with Crippen LogP contribution in [0.15, 0.2) is 28.7 Å². The summed E-state index contributed by atoms with van der Waals surface area (Å²) in [5, 5.41) is 8.78. The Bertz CT molecular complexity index is 417. The second-order valence-corrected chi connectivity index (χ2v) is 6.22. The maximum absolute atomic E-state index is 10.7. The largest absolute Gasteiger partial charge is 0.481 e.